The van der Waals surface area contributed by atoms with Crippen LogP contribution in [-0.4, -0.2) is 20.1 Å². The second-order valence-electron chi connectivity index (χ2n) is 4.73. The standard InChI is InChI=1S/C17H18BrNO3/c1-21-15-8-9-16(22-2)12(11-15)3-10-17(20)19-14-6-4-13(18)5-7-14/h4-9,11H,3,10H2,1-2H3,(H,19,20). The van der Waals surface area contributed by atoms with Crippen LogP contribution < -0.4 is 14.8 Å². The zero-order valence-corrected chi connectivity index (χ0v) is 14.1. The Hall–Kier alpha value is -2.01. The molecule has 0 aliphatic carbocycles. The van der Waals surface area contributed by atoms with Gasteiger partial charge in [-0.1, -0.05) is 15.9 Å². The van der Waals surface area contributed by atoms with E-state index in [9.17, 15) is 4.79 Å². The van der Waals surface area contributed by atoms with Crippen LogP contribution in [0, 0.1) is 0 Å². The van der Waals surface area contributed by atoms with Crippen molar-refractivity contribution in [1.82, 2.24) is 0 Å². The van der Waals surface area contributed by atoms with Gasteiger partial charge in [-0.15, -0.1) is 0 Å². The molecule has 0 saturated heterocycles. The van der Waals surface area contributed by atoms with Crippen molar-refractivity contribution in [1.29, 1.82) is 0 Å². The predicted octanol–water partition coefficient (Wildman–Crippen LogP) is 4.04. The third-order valence-electron chi connectivity index (χ3n) is 3.24. The number of ether oxygens (including phenoxy) is 2. The van der Waals surface area contributed by atoms with E-state index in [0.29, 0.717) is 12.8 Å². The zero-order valence-electron chi connectivity index (χ0n) is 12.6. The highest BCUT2D eigenvalue weighted by Gasteiger charge is 2.08. The number of hydrogen-bond acceptors (Lipinski definition) is 3. The molecular formula is C17H18BrNO3. The van der Waals surface area contributed by atoms with Gasteiger partial charge in [0.1, 0.15) is 11.5 Å². The van der Waals surface area contributed by atoms with Crippen LogP contribution in [0.15, 0.2) is 46.9 Å². The van der Waals surface area contributed by atoms with E-state index in [1.165, 1.54) is 0 Å². The van der Waals surface area contributed by atoms with Gasteiger partial charge in [0.25, 0.3) is 0 Å². The predicted molar refractivity (Wildman–Crippen MR) is 90.6 cm³/mol. The molecule has 5 heteroatoms. The molecule has 0 saturated carbocycles. The van der Waals surface area contributed by atoms with Crippen molar-refractivity contribution >= 4 is 27.5 Å². The van der Waals surface area contributed by atoms with Crippen molar-refractivity contribution in [3.05, 3.63) is 52.5 Å². The van der Waals surface area contributed by atoms with Crippen LogP contribution in [0.1, 0.15) is 12.0 Å². The van der Waals surface area contributed by atoms with E-state index in [1.54, 1.807) is 14.2 Å². The largest absolute Gasteiger partial charge is 0.497 e. The number of aryl methyl sites for hydroxylation is 1. The Morgan fingerprint density at radius 2 is 1.82 bits per heavy atom. The molecule has 0 unspecified atom stereocenters. The smallest absolute Gasteiger partial charge is 0.224 e. The minimum absolute atomic E-state index is 0.0350. The molecule has 2 aromatic rings. The maximum atomic E-state index is 12.0. The number of carbonyl (C=O) groups excluding carboxylic acids is 1. The van der Waals surface area contributed by atoms with Crippen molar-refractivity contribution < 1.29 is 14.3 Å². The molecule has 1 N–H and O–H groups in total. The van der Waals surface area contributed by atoms with Crippen molar-refractivity contribution in [2.45, 2.75) is 12.8 Å². The Morgan fingerprint density at radius 3 is 2.45 bits per heavy atom. The normalized spacial score (nSPS) is 10.1. The van der Waals surface area contributed by atoms with Gasteiger partial charge in [-0.25, -0.2) is 0 Å². The lowest BCUT2D eigenvalue weighted by Crippen LogP contribution is -2.12. The lowest BCUT2D eigenvalue weighted by atomic mass is 10.1. The lowest BCUT2D eigenvalue weighted by Gasteiger charge is -2.10. The first kappa shape index (κ1) is 16.4. The average Bonchev–Trinajstić information content (AvgIpc) is 2.54. The summed E-state index contributed by atoms with van der Waals surface area (Å²) in [7, 11) is 3.24. The number of halogens is 1. The highest BCUT2D eigenvalue weighted by molar-refractivity contribution is 9.10. The molecule has 0 radical (unpaired) electrons. The molecule has 0 aliphatic rings. The van der Waals surface area contributed by atoms with Crippen molar-refractivity contribution in [2.75, 3.05) is 19.5 Å². The number of carbonyl (C=O) groups is 1. The Balaban J connectivity index is 1.97. The van der Waals surface area contributed by atoms with E-state index < -0.39 is 0 Å². The number of hydrogen-bond donors (Lipinski definition) is 1. The Kier molecular flexibility index (Phi) is 5.83. The summed E-state index contributed by atoms with van der Waals surface area (Å²) < 4.78 is 11.5. The second-order valence-corrected chi connectivity index (χ2v) is 5.65. The Bertz CT molecular complexity index is 641. The van der Waals surface area contributed by atoms with Crippen LogP contribution in [0.5, 0.6) is 11.5 Å². The van der Waals surface area contributed by atoms with Crippen LogP contribution in [0.25, 0.3) is 0 Å². The third-order valence-corrected chi connectivity index (χ3v) is 3.77. The van der Waals surface area contributed by atoms with E-state index >= 15 is 0 Å². The molecule has 22 heavy (non-hydrogen) atoms. The van der Waals surface area contributed by atoms with Crippen LogP contribution in [-0.2, 0) is 11.2 Å². The number of rotatable bonds is 6. The minimum Gasteiger partial charge on any atom is -0.497 e. The first-order valence-corrected chi connectivity index (χ1v) is 7.68. The van der Waals surface area contributed by atoms with Gasteiger partial charge in [-0.3, -0.25) is 4.79 Å². The van der Waals surface area contributed by atoms with Crippen molar-refractivity contribution in [3.63, 3.8) is 0 Å². The van der Waals surface area contributed by atoms with Crippen molar-refractivity contribution in [3.8, 4) is 11.5 Å². The quantitative estimate of drug-likeness (QED) is 0.842. The third kappa shape index (κ3) is 4.49. The summed E-state index contributed by atoms with van der Waals surface area (Å²) in [5.74, 6) is 1.48. The van der Waals surface area contributed by atoms with Gasteiger partial charge >= 0.3 is 0 Å². The molecule has 4 nitrogen and oxygen atoms in total. The maximum absolute atomic E-state index is 12.0. The highest BCUT2D eigenvalue weighted by atomic mass is 79.9. The molecule has 0 spiro atoms. The number of amides is 1. The van der Waals surface area contributed by atoms with E-state index in [4.69, 9.17) is 9.47 Å². The molecule has 1 amide bonds. The maximum Gasteiger partial charge on any atom is 0.224 e. The summed E-state index contributed by atoms with van der Waals surface area (Å²) >= 11 is 3.36. The van der Waals surface area contributed by atoms with Gasteiger partial charge in [0, 0.05) is 16.6 Å². The second kappa shape index (κ2) is 7.84. The summed E-state index contributed by atoms with van der Waals surface area (Å²) in [5.41, 5.74) is 1.73. The van der Waals surface area contributed by atoms with E-state index in [1.807, 2.05) is 42.5 Å². The summed E-state index contributed by atoms with van der Waals surface area (Å²) in [4.78, 5) is 12.0. The van der Waals surface area contributed by atoms with Crippen LogP contribution in [0.2, 0.25) is 0 Å². The monoisotopic (exact) mass is 363 g/mol. The summed E-state index contributed by atoms with van der Waals surface area (Å²) in [5, 5.41) is 2.87. The van der Waals surface area contributed by atoms with Gasteiger partial charge < -0.3 is 14.8 Å². The summed E-state index contributed by atoms with van der Waals surface area (Å²) in [6.45, 7) is 0. The topological polar surface area (TPSA) is 47.6 Å². The van der Waals surface area contributed by atoms with Gasteiger partial charge in [0.15, 0.2) is 0 Å². The number of methoxy groups -OCH3 is 2. The minimum atomic E-state index is -0.0350. The van der Waals surface area contributed by atoms with Crippen LogP contribution >= 0.6 is 15.9 Å². The lowest BCUT2D eigenvalue weighted by molar-refractivity contribution is -0.116. The molecule has 0 heterocycles. The van der Waals surface area contributed by atoms with Gasteiger partial charge in [0.05, 0.1) is 14.2 Å². The molecule has 0 aromatic heterocycles. The van der Waals surface area contributed by atoms with Gasteiger partial charge in [-0.2, -0.15) is 0 Å². The molecule has 116 valence electrons. The zero-order chi connectivity index (χ0) is 15.9. The fourth-order valence-corrected chi connectivity index (χ4v) is 2.35. The number of nitrogens with one attached hydrogen (secondary N) is 1. The average molecular weight is 364 g/mol. The van der Waals surface area contributed by atoms with Gasteiger partial charge in [0.2, 0.25) is 5.91 Å². The SMILES string of the molecule is COc1ccc(OC)c(CCC(=O)Nc2ccc(Br)cc2)c1. The Labute approximate surface area is 138 Å². The summed E-state index contributed by atoms with van der Waals surface area (Å²) in [6, 6.07) is 13.1. The van der Waals surface area contributed by atoms with Gasteiger partial charge in [-0.05, 0) is 54.4 Å². The van der Waals surface area contributed by atoms with Crippen molar-refractivity contribution in [2.24, 2.45) is 0 Å². The van der Waals surface area contributed by atoms with E-state index in [-0.39, 0.29) is 5.91 Å². The molecule has 0 aliphatic heterocycles. The fourth-order valence-electron chi connectivity index (χ4n) is 2.08. The molecule has 2 aromatic carbocycles. The number of benzene rings is 2. The number of anilines is 1. The Morgan fingerprint density at radius 1 is 1.09 bits per heavy atom. The molecule has 0 fully saturated rings. The van der Waals surface area contributed by atoms with E-state index in [2.05, 4.69) is 21.2 Å². The molecule has 0 atom stereocenters. The summed E-state index contributed by atoms with van der Waals surface area (Å²) in [6.07, 6.45) is 0.961. The molecule has 0 bridgehead atoms. The fraction of sp³-hybridized carbons (Fsp3) is 0.235. The first-order valence-electron chi connectivity index (χ1n) is 6.88. The van der Waals surface area contributed by atoms with Crippen LogP contribution in [0.4, 0.5) is 5.69 Å². The first-order chi connectivity index (χ1) is 10.6. The highest BCUT2D eigenvalue weighted by Crippen LogP contribution is 2.25. The van der Waals surface area contributed by atoms with E-state index in [0.717, 1.165) is 27.2 Å². The van der Waals surface area contributed by atoms with Crippen LogP contribution in [0.3, 0.4) is 0 Å². The molecule has 2 rings (SSSR count). The molecular weight excluding hydrogens is 346 g/mol.